The molecule has 0 saturated carbocycles. The molecule has 1 aromatic heterocycles. The lowest BCUT2D eigenvalue weighted by Crippen LogP contribution is -2.20. The van der Waals surface area contributed by atoms with Crippen molar-refractivity contribution < 1.29 is 0 Å². The molecule has 1 aromatic carbocycles. The van der Waals surface area contributed by atoms with Gasteiger partial charge >= 0.3 is 0 Å². The highest BCUT2D eigenvalue weighted by molar-refractivity contribution is 7.71. The van der Waals surface area contributed by atoms with Gasteiger partial charge < -0.3 is 9.88 Å². The van der Waals surface area contributed by atoms with Crippen LogP contribution in [-0.4, -0.2) is 18.6 Å². The zero-order valence-electron chi connectivity index (χ0n) is 11.7. The number of fused-ring (bicyclic) bond motifs is 3. The summed E-state index contributed by atoms with van der Waals surface area (Å²) in [6.07, 6.45) is 1.07. The third-order valence-electron chi connectivity index (χ3n) is 3.30. The van der Waals surface area contributed by atoms with Gasteiger partial charge in [0.25, 0.3) is 0 Å². The first-order valence-electron chi connectivity index (χ1n) is 6.78. The smallest absolute Gasteiger partial charge is 0.114 e. The van der Waals surface area contributed by atoms with Gasteiger partial charge in [0.15, 0.2) is 0 Å². The molecule has 0 saturated heterocycles. The van der Waals surface area contributed by atoms with Gasteiger partial charge in [-0.05, 0) is 29.7 Å². The molecular weight excluding hydrogens is 252 g/mol. The Labute approximate surface area is 120 Å². The van der Waals surface area contributed by atoms with Crippen LogP contribution in [0.5, 0.6) is 0 Å². The number of nitrogens with zero attached hydrogens (tertiary/aromatic N) is 1. The molecular formula is C16H20N2S. The summed E-state index contributed by atoms with van der Waals surface area (Å²) in [6, 6.07) is 12.7. The molecule has 3 heteroatoms. The number of nitrogens with one attached hydrogen (secondary N) is 1. The predicted octanol–water partition coefficient (Wildman–Crippen LogP) is 4.43. The number of H-pyrrole nitrogens is 1. The monoisotopic (exact) mass is 272 g/mol. The zero-order chi connectivity index (χ0) is 13.8. The first-order valence-corrected chi connectivity index (χ1v) is 7.19. The second-order valence-electron chi connectivity index (χ2n) is 4.41. The summed E-state index contributed by atoms with van der Waals surface area (Å²) in [5.41, 5.74) is 3.97. The molecule has 0 aliphatic carbocycles. The van der Waals surface area contributed by atoms with E-state index in [1.165, 1.54) is 16.7 Å². The summed E-state index contributed by atoms with van der Waals surface area (Å²) in [5.74, 6) is 1.13. The standard InChI is InChI=1S/C14H14N2S.C2H6/c1-16-9-8-10-4-2-3-5-11(10)12-6-7-13(17)15-14(12)16;1-2/h2-7H,8-9H2,1H3,(H,15,17);1-2H3. The highest BCUT2D eigenvalue weighted by Gasteiger charge is 2.16. The summed E-state index contributed by atoms with van der Waals surface area (Å²) in [4.78, 5) is 5.54. The van der Waals surface area contributed by atoms with Crippen molar-refractivity contribution in [3.05, 3.63) is 46.6 Å². The first-order chi connectivity index (χ1) is 9.25. The van der Waals surface area contributed by atoms with Crippen molar-refractivity contribution in [3.8, 4) is 11.1 Å². The fraction of sp³-hybridized carbons (Fsp3) is 0.312. The van der Waals surface area contributed by atoms with E-state index in [-0.39, 0.29) is 0 Å². The Morgan fingerprint density at radius 2 is 1.79 bits per heavy atom. The molecule has 1 aliphatic rings. The van der Waals surface area contributed by atoms with Crippen LogP contribution in [-0.2, 0) is 6.42 Å². The molecule has 2 heterocycles. The van der Waals surface area contributed by atoms with Gasteiger partial charge in [-0.15, -0.1) is 0 Å². The highest BCUT2D eigenvalue weighted by Crippen LogP contribution is 2.33. The van der Waals surface area contributed by atoms with Crippen LogP contribution in [0.1, 0.15) is 19.4 Å². The van der Waals surface area contributed by atoms with E-state index in [0.717, 1.165) is 23.4 Å². The molecule has 2 aromatic rings. The summed E-state index contributed by atoms with van der Waals surface area (Å²) < 4.78 is 0.787. The van der Waals surface area contributed by atoms with Gasteiger partial charge in [0, 0.05) is 19.2 Å². The molecule has 1 aliphatic heterocycles. The Morgan fingerprint density at radius 3 is 2.58 bits per heavy atom. The quantitative estimate of drug-likeness (QED) is 0.715. The molecule has 0 bridgehead atoms. The predicted molar refractivity (Wildman–Crippen MR) is 85.4 cm³/mol. The molecule has 0 radical (unpaired) electrons. The Kier molecular flexibility index (Phi) is 4.38. The molecule has 100 valence electrons. The lowest BCUT2D eigenvalue weighted by atomic mass is 10.00. The maximum atomic E-state index is 5.21. The number of hydrogen-bond donors (Lipinski definition) is 1. The SMILES string of the molecule is CC.CN1CCc2ccccc2-c2ccc(=S)[nH]c21. The van der Waals surface area contributed by atoms with Crippen molar-refractivity contribution in [2.75, 3.05) is 18.5 Å². The number of aromatic nitrogens is 1. The van der Waals surface area contributed by atoms with E-state index in [2.05, 4.69) is 47.3 Å². The van der Waals surface area contributed by atoms with Gasteiger partial charge in [0.05, 0.1) is 0 Å². The molecule has 0 spiro atoms. The number of anilines is 1. The molecule has 2 nitrogen and oxygen atoms in total. The zero-order valence-corrected chi connectivity index (χ0v) is 12.6. The van der Waals surface area contributed by atoms with E-state index in [1.54, 1.807) is 0 Å². The fourth-order valence-electron chi connectivity index (χ4n) is 2.38. The Bertz CT molecular complexity index is 616. The van der Waals surface area contributed by atoms with E-state index < -0.39 is 0 Å². The summed E-state index contributed by atoms with van der Waals surface area (Å²) in [7, 11) is 2.11. The van der Waals surface area contributed by atoms with Crippen LogP contribution in [0.3, 0.4) is 0 Å². The van der Waals surface area contributed by atoms with Crippen LogP contribution < -0.4 is 4.90 Å². The van der Waals surface area contributed by atoms with Gasteiger partial charge in [-0.2, -0.15) is 0 Å². The number of aromatic amines is 1. The number of hydrogen-bond acceptors (Lipinski definition) is 2. The van der Waals surface area contributed by atoms with Gasteiger partial charge in [-0.25, -0.2) is 0 Å². The van der Waals surface area contributed by atoms with Crippen LogP contribution in [0.4, 0.5) is 5.82 Å². The van der Waals surface area contributed by atoms with Crippen molar-refractivity contribution >= 4 is 18.0 Å². The van der Waals surface area contributed by atoms with Crippen LogP contribution in [0.15, 0.2) is 36.4 Å². The molecule has 0 atom stereocenters. The molecule has 0 fully saturated rings. The van der Waals surface area contributed by atoms with E-state index >= 15 is 0 Å². The molecule has 3 rings (SSSR count). The van der Waals surface area contributed by atoms with E-state index in [1.807, 2.05) is 19.9 Å². The number of benzene rings is 1. The van der Waals surface area contributed by atoms with Crippen LogP contribution in [0.25, 0.3) is 11.1 Å². The Hall–Kier alpha value is -1.61. The van der Waals surface area contributed by atoms with E-state index in [9.17, 15) is 0 Å². The van der Waals surface area contributed by atoms with Crippen LogP contribution in [0.2, 0.25) is 0 Å². The molecule has 0 unspecified atom stereocenters. The molecule has 0 amide bonds. The number of pyridine rings is 1. The lowest BCUT2D eigenvalue weighted by molar-refractivity contribution is 0.872. The second-order valence-corrected chi connectivity index (χ2v) is 4.85. The van der Waals surface area contributed by atoms with Crippen LogP contribution >= 0.6 is 12.2 Å². The topological polar surface area (TPSA) is 19.0 Å². The third-order valence-corrected chi connectivity index (χ3v) is 3.54. The maximum Gasteiger partial charge on any atom is 0.114 e. The van der Waals surface area contributed by atoms with E-state index in [4.69, 9.17) is 12.2 Å². The van der Waals surface area contributed by atoms with Crippen molar-refractivity contribution in [2.45, 2.75) is 20.3 Å². The minimum absolute atomic E-state index is 0.787. The van der Waals surface area contributed by atoms with E-state index in [0.29, 0.717) is 0 Å². The first kappa shape index (κ1) is 13.8. The molecule has 19 heavy (non-hydrogen) atoms. The van der Waals surface area contributed by atoms with Crippen molar-refractivity contribution in [1.29, 1.82) is 0 Å². The summed E-state index contributed by atoms with van der Waals surface area (Å²) in [5, 5.41) is 0. The highest BCUT2D eigenvalue weighted by atomic mass is 32.1. The Morgan fingerprint density at radius 1 is 1.05 bits per heavy atom. The van der Waals surface area contributed by atoms with Crippen molar-refractivity contribution in [3.63, 3.8) is 0 Å². The summed E-state index contributed by atoms with van der Waals surface area (Å²) in [6.45, 7) is 5.01. The normalized spacial score (nSPS) is 12.7. The fourth-order valence-corrected chi connectivity index (χ4v) is 2.55. The Balaban J connectivity index is 0.000000637. The largest absolute Gasteiger partial charge is 0.360 e. The van der Waals surface area contributed by atoms with Gasteiger partial charge in [0.2, 0.25) is 0 Å². The van der Waals surface area contributed by atoms with Crippen molar-refractivity contribution in [1.82, 2.24) is 4.98 Å². The van der Waals surface area contributed by atoms with Crippen LogP contribution in [0, 0.1) is 4.64 Å². The number of likely N-dealkylation sites (N-methyl/N-ethyl adjacent to an activating group) is 1. The third kappa shape index (κ3) is 2.71. The summed E-state index contributed by atoms with van der Waals surface area (Å²) >= 11 is 5.21. The minimum atomic E-state index is 0.787. The second kappa shape index (κ2) is 6.02. The van der Waals surface area contributed by atoms with Gasteiger partial charge in [-0.1, -0.05) is 50.3 Å². The van der Waals surface area contributed by atoms with Crippen molar-refractivity contribution in [2.24, 2.45) is 0 Å². The average molecular weight is 272 g/mol. The minimum Gasteiger partial charge on any atom is -0.360 e. The number of rotatable bonds is 0. The molecule has 1 N–H and O–H groups in total. The lowest BCUT2D eigenvalue weighted by Gasteiger charge is -2.18. The maximum absolute atomic E-state index is 5.21. The average Bonchev–Trinajstić information content (AvgIpc) is 2.60. The van der Waals surface area contributed by atoms with Gasteiger partial charge in [0.1, 0.15) is 10.5 Å². The van der Waals surface area contributed by atoms with Gasteiger partial charge in [-0.3, -0.25) is 0 Å².